The Morgan fingerprint density at radius 1 is 0.463 bits per heavy atom. The Morgan fingerprint density at radius 2 is 0.722 bits per heavy atom. The number of rotatable bonds is 17. The van der Waals surface area contributed by atoms with Crippen LogP contribution in [0.15, 0.2) is 84.3 Å². The van der Waals surface area contributed by atoms with Crippen LogP contribution in [0.3, 0.4) is 0 Å². The zero-order chi connectivity index (χ0) is 40.1. The minimum Gasteiger partial charge on any atom is -0.489 e. The van der Waals surface area contributed by atoms with Gasteiger partial charge in [-0.2, -0.15) is 0 Å². The minimum atomic E-state index is -0.918. The maximum Gasteiger partial charge on any atom is 0.147 e. The van der Waals surface area contributed by atoms with Crippen molar-refractivity contribution in [3.63, 3.8) is 0 Å². The first kappa shape index (κ1) is 46.5. The Kier molecular flexibility index (Phi) is 17.4. The van der Waals surface area contributed by atoms with Gasteiger partial charge in [-0.05, 0) is 205 Å². The molecule has 0 radical (unpaired) electrons. The van der Waals surface area contributed by atoms with E-state index in [1.807, 2.05) is 36.4 Å². The maximum absolute atomic E-state index is 10.9. The predicted molar refractivity (Wildman–Crippen MR) is 243 cm³/mol. The molecule has 0 aliphatic heterocycles. The largest absolute Gasteiger partial charge is 0.489 e. The molecule has 7 nitrogen and oxygen atoms in total. The van der Waals surface area contributed by atoms with Crippen molar-refractivity contribution in [3.8, 4) is 23.0 Å². The fourth-order valence-corrected chi connectivity index (χ4v) is 11.1. The molecule has 2 unspecified atom stereocenters. The molecular formula is C39H40Br8O7. The van der Waals surface area contributed by atoms with E-state index in [2.05, 4.69) is 167 Å². The van der Waals surface area contributed by atoms with Gasteiger partial charge >= 0.3 is 0 Å². The first-order valence-corrected chi connectivity index (χ1v) is 23.0. The van der Waals surface area contributed by atoms with Crippen molar-refractivity contribution < 1.29 is 33.9 Å². The summed E-state index contributed by atoms with van der Waals surface area (Å²) in [7, 11) is 1.64. The van der Waals surface area contributed by atoms with Crippen molar-refractivity contribution in [2.75, 3.05) is 40.1 Å². The molecule has 294 valence electrons. The zero-order valence-electron chi connectivity index (χ0n) is 30.3. The molecule has 0 fully saturated rings. The number of hydrogen-bond acceptors (Lipinski definition) is 7. The van der Waals surface area contributed by atoms with Crippen molar-refractivity contribution in [2.24, 2.45) is 0 Å². The second-order valence-electron chi connectivity index (χ2n) is 13.6. The van der Waals surface area contributed by atoms with Crippen molar-refractivity contribution in [1.82, 2.24) is 0 Å². The highest BCUT2D eigenvalue weighted by molar-refractivity contribution is 9.12. The second-order valence-corrected chi connectivity index (χ2v) is 20.4. The van der Waals surface area contributed by atoms with Crippen LogP contribution in [0.2, 0.25) is 0 Å². The first-order chi connectivity index (χ1) is 25.3. The number of benzene rings is 4. The fraction of sp³-hybridized carbons (Fsp3) is 0.385. The van der Waals surface area contributed by atoms with Crippen LogP contribution >= 0.6 is 127 Å². The van der Waals surface area contributed by atoms with E-state index < -0.39 is 17.6 Å². The van der Waals surface area contributed by atoms with Gasteiger partial charge in [0, 0.05) is 17.9 Å². The minimum absolute atomic E-state index is 0.00301. The van der Waals surface area contributed by atoms with E-state index in [0.717, 1.165) is 63.8 Å². The van der Waals surface area contributed by atoms with Crippen molar-refractivity contribution in [2.45, 2.75) is 57.7 Å². The smallest absolute Gasteiger partial charge is 0.147 e. The lowest BCUT2D eigenvalue weighted by Crippen LogP contribution is -2.26. The highest BCUT2D eigenvalue weighted by atomic mass is 79.9. The van der Waals surface area contributed by atoms with Crippen LogP contribution in [0.5, 0.6) is 23.0 Å². The van der Waals surface area contributed by atoms with Crippen LogP contribution in [0.4, 0.5) is 0 Å². The molecule has 4 rings (SSSR count). The van der Waals surface area contributed by atoms with Gasteiger partial charge in [0.15, 0.2) is 0 Å². The lowest BCUT2D eigenvalue weighted by Gasteiger charge is -2.29. The fourth-order valence-electron chi connectivity index (χ4n) is 5.41. The summed E-state index contributed by atoms with van der Waals surface area (Å²) < 4.78 is 35.2. The molecule has 0 spiro atoms. The number of ether oxygens (including phenoxy) is 5. The number of halogens is 8. The summed E-state index contributed by atoms with van der Waals surface area (Å²) in [5.41, 5.74) is 3.39. The van der Waals surface area contributed by atoms with Gasteiger partial charge in [0.1, 0.15) is 55.5 Å². The van der Waals surface area contributed by atoms with Gasteiger partial charge < -0.3 is 33.9 Å². The predicted octanol–water partition coefficient (Wildman–Crippen LogP) is 13.0. The van der Waals surface area contributed by atoms with E-state index in [0.29, 0.717) is 30.5 Å². The summed E-state index contributed by atoms with van der Waals surface area (Å²) in [6, 6.07) is 16.3. The van der Waals surface area contributed by atoms with Crippen molar-refractivity contribution in [3.05, 3.63) is 107 Å². The molecule has 0 bridgehead atoms. The summed E-state index contributed by atoms with van der Waals surface area (Å²) in [6.07, 6.45) is -1.50. The van der Waals surface area contributed by atoms with Gasteiger partial charge in [0.05, 0.1) is 48.5 Å². The average molecular weight is 1260 g/mol. The molecule has 2 atom stereocenters. The van der Waals surface area contributed by atoms with Gasteiger partial charge in [0.2, 0.25) is 0 Å². The van der Waals surface area contributed by atoms with E-state index in [1.54, 1.807) is 14.0 Å². The Labute approximate surface area is 384 Å². The van der Waals surface area contributed by atoms with Gasteiger partial charge in [-0.15, -0.1) is 0 Å². The monoisotopic (exact) mass is 1250 g/mol. The average Bonchev–Trinajstić information content (AvgIpc) is 3.07. The van der Waals surface area contributed by atoms with Gasteiger partial charge in [-0.25, -0.2) is 0 Å². The number of methoxy groups -OCH3 is 1. The van der Waals surface area contributed by atoms with Crippen LogP contribution in [0.1, 0.15) is 56.9 Å². The third-order valence-electron chi connectivity index (χ3n) is 8.72. The number of aliphatic hydroxyl groups is 2. The van der Waals surface area contributed by atoms with Crippen molar-refractivity contribution in [1.29, 1.82) is 0 Å². The Balaban J connectivity index is 1.42. The zero-order valence-corrected chi connectivity index (χ0v) is 43.0. The Hall–Kier alpha value is -0.200. The Morgan fingerprint density at radius 3 is 0.981 bits per heavy atom. The molecule has 0 saturated heterocycles. The molecule has 0 amide bonds. The second kappa shape index (κ2) is 20.2. The lowest BCUT2D eigenvalue weighted by atomic mass is 9.78. The van der Waals surface area contributed by atoms with Gasteiger partial charge in [-0.1, -0.05) is 27.7 Å². The van der Waals surface area contributed by atoms with Crippen LogP contribution < -0.4 is 18.9 Å². The van der Waals surface area contributed by atoms with Gasteiger partial charge in [-0.3, -0.25) is 0 Å². The maximum atomic E-state index is 10.9. The summed E-state index contributed by atoms with van der Waals surface area (Å²) in [4.78, 5) is 0. The molecular weight excluding hydrogens is 1220 g/mol. The molecule has 0 aromatic heterocycles. The normalized spacial score (nSPS) is 13.1. The molecule has 0 aliphatic carbocycles. The van der Waals surface area contributed by atoms with Crippen molar-refractivity contribution >= 4 is 127 Å². The first-order valence-electron chi connectivity index (χ1n) is 16.6. The van der Waals surface area contributed by atoms with Gasteiger partial charge in [0.25, 0.3) is 0 Å². The Bertz CT molecular complexity index is 1860. The van der Waals surface area contributed by atoms with Crippen LogP contribution in [-0.2, 0) is 15.6 Å². The van der Waals surface area contributed by atoms with E-state index in [4.69, 9.17) is 23.7 Å². The summed E-state index contributed by atoms with van der Waals surface area (Å²) in [6.45, 7) is 11.4. The molecule has 54 heavy (non-hydrogen) atoms. The summed E-state index contributed by atoms with van der Waals surface area (Å²) >= 11 is 29.4. The van der Waals surface area contributed by atoms with Crippen LogP contribution in [0, 0.1) is 0 Å². The molecule has 2 N–H and O–H groups in total. The number of aliphatic hydroxyl groups excluding tert-OH is 2. The molecule has 4 aromatic rings. The molecule has 15 heteroatoms. The molecule has 0 saturated carbocycles. The van der Waals surface area contributed by atoms with E-state index in [1.165, 1.54) is 0 Å². The topological polar surface area (TPSA) is 86.6 Å². The third kappa shape index (κ3) is 11.5. The molecule has 4 aromatic carbocycles. The van der Waals surface area contributed by atoms with E-state index in [9.17, 15) is 10.2 Å². The van der Waals surface area contributed by atoms with Crippen LogP contribution in [-0.4, -0.2) is 62.6 Å². The molecule has 0 heterocycles. The van der Waals surface area contributed by atoms with E-state index >= 15 is 0 Å². The highest BCUT2D eigenvalue weighted by Crippen LogP contribution is 2.46. The quantitative estimate of drug-likeness (QED) is 0.102. The SMILES string of the molecule is COCCOc1c(Br)cc(C(C)(C)c2cc(Br)c(OCC(O)COc3c(Br)cc(C(C)(C)c4cc(Br)c(OCC(C)O)c(Br)c4)cc3Br)c(Br)c2)cc1Br. The summed E-state index contributed by atoms with van der Waals surface area (Å²) in [5.74, 6) is 2.50. The summed E-state index contributed by atoms with van der Waals surface area (Å²) in [5, 5.41) is 20.6. The third-order valence-corrected chi connectivity index (χ3v) is 13.4. The van der Waals surface area contributed by atoms with Crippen LogP contribution in [0.25, 0.3) is 0 Å². The lowest BCUT2D eigenvalue weighted by molar-refractivity contribution is 0.0615. The highest BCUT2D eigenvalue weighted by Gasteiger charge is 2.29. The standard InChI is InChI=1S/C39H40Br8O7/c1-20(48)17-52-35-28(42)11-22(12-29(35)43)39(4,5)24-15-32(46)37(33(47)16-24)54-19-25(49)18-53-36-30(44)13-23(14-31(36)45)38(2,3)21-9-26(40)34(27(41)10-21)51-8-7-50-6/h9-16,20,25,48-49H,7-8,17-19H2,1-6H3. The number of hydrogen-bond donors (Lipinski definition) is 2. The molecule has 0 aliphatic rings. The van der Waals surface area contributed by atoms with E-state index in [-0.39, 0.29) is 25.2 Å².